The number of benzene rings is 1. The number of carbonyl (C=O) groups excluding carboxylic acids is 1. The molecule has 0 aliphatic carbocycles. The molecule has 33 heavy (non-hydrogen) atoms. The number of aromatic nitrogens is 4. The fourth-order valence-electron chi connectivity index (χ4n) is 3.39. The van der Waals surface area contributed by atoms with Gasteiger partial charge in [0.1, 0.15) is 11.6 Å². The van der Waals surface area contributed by atoms with E-state index in [1.165, 1.54) is 18.3 Å². The van der Waals surface area contributed by atoms with Crippen molar-refractivity contribution in [3.63, 3.8) is 0 Å². The second-order valence-electron chi connectivity index (χ2n) is 7.66. The minimum atomic E-state index is -0.828. The normalized spacial score (nSPS) is 12.7. The van der Waals surface area contributed by atoms with Gasteiger partial charge in [0, 0.05) is 43.7 Å². The van der Waals surface area contributed by atoms with Gasteiger partial charge in [-0.05, 0) is 31.2 Å². The third-order valence-corrected chi connectivity index (χ3v) is 5.34. The maximum Gasteiger partial charge on any atom is 0.273 e. The summed E-state index contributed by atoms with van der Waals surface area (Å²) in [7, 11) is 1.77. The van der Waals surface area contributed by atoms with Crippen molar-refractivity contribution >= 4 is 5.91 Å². The van der Waals surface area contributed by atoms with Crippen molar-refractivity contribution in [3.05, 3.63) is 89.1 Å². The van der Waals surface area contributed by atoms with E-state index >= 15 is 0 Å². The molecule has 1 N–H and O–H groups in total. The zero-order valence-electron chi connectivity index (χ0n) is 17.7. The molecule has 3 heterocycles. The predicted octanol–water partition coefficient (Wildman–Crippen LogP) is 3.36. The summed E-state index contributed by atoms with van der Waals surface area (Å²) in [5, 5.41) is 20.0. The molecule has 4 aromatic rings. The Morgan fingerprint density at radius 2 is 2.09 bits per heavy atom. The quantitative estimate of drug-likeness (QED) is 0.484. The SMILES string of the molecule is Cn1cc(C(C)(CNC(=O)c2cc(-c3ccc(F)cc3F)on2)c2cc(C#N)ccn2)cn1. The summed E-state index contributed by atoms with van der Waals surface area (Å²) in [5.41, 5.74) is 0.892. The van der Waals surface area contributed by atoms with Crippen molar-refractivity contribution < 1.29 is 18.1 Å². The molecule has 0 bridgehead atoms. The second-order valence-corrected chi connectivity index (χ2v) is 7.66. The Kier molecular flexibility index (Phi) is 5.70. The molecule has 10 heteroatoms. The lowest BCUT2D eigenvalue weighted by Crippen LogP contribution is -2.40. The van der Waals surface area contributed by atoms with Gasteiger partial charge in [0.05, 0.1) is 34.5 Å². The lowest BCUT2D eigenvalue weighted by Gasteiger charge is -2.28. The van der Waals surface area contributed by atoms with Crippen molar-refractivity contribution in [2.24, 2.45) is 7.05 Å². The van der Waals surface area contributed by atoms with E-state index < -0.39 is 23.0 Å². The number of carbonyl (C=O) groups is 1. The number of hydrogen-bond donors (Lipinski definition) is 1. The summed E-state index contributed by atoms with van der Waals surface area (Å²) in [5.74, 6) is -2.11. The third-order valence-electron chi connectivity index (χ3n) is 5.34. The molecule has 166 valence electrons. The van der Waals surface area contributed by atoms with Crippen LogP contribution in [-0.2, 0) is 12.5 Å². The van der Waals surface area contributed by atoms with Gasteiger partial charge in [-0.2, -0.15) is 10.4 Å². The molecule has 0 saturated carbocycles. The van der Waals surface area contributed by atoms with Crippen molar-refractivity contribution in [3.8, 4) is 17.4 Å². The zero-order valence-corrected chi connectivity index (χ0v) is 17.7. The third kappa shape index (κ3) is 4.34. The van der Waals surface area contributed by atoms with Crippen molar-refractivity contribution in [2.45, 2.75) is 12.3 Å². The Morgan fingerprint density at radius 1 is 1.27 bits per heavy atom. The van der Waals surface area contributed by atoms with E-state index in [0.717, 1.165) is 17.7 Å². The van der Waals surface area contributed by atoms with Crippen molar-refractivity contribution in [2.75, 3.05) is 6.54 Å². The number of amides is 1. The van der Waals surface area contributed by atoms with Crippen LogP contribution in [0.25, 0.3) is 11.3 Å². The van der Waals surface area contributed by atoms with E-state index in [1.807, 2.05) is 6.92 Å². The predicted molar refractivity (Wildman–Crippen MR) is 113 cm³/mol. The fourth-order valence-corrected chi connectivity index (χ4v) is 3.39. The molecule has 0 spiro atoms. The topological polar surface area (TPSA) is 110 Å². The molecule has 0 aliphatic heterocycles. The van der Waals surface area contributed by atoms with Crippen LogP contribution >= 0.6 is 0 Å². The number of aryl methyl sites for hydroxylation is 1. The highest BCUT2D eigenvalue weighted by molar-refractivity contribution is 5.93. The summed E-state index contributed by atoms with van der Waals surface area (Å²) in [6, 6.07) is 9.64. The largest absolute Gasteiger partial charge is 0.355 e. The van der Waals surface area contributed by atoms with E-state index in [-0.39, 0.29) is 23.6 Å². The van der Waals surface area contributed by atoms with Crippen LogP contribution in [0.2, 0.25) is 0 Å². The first-order valence-electron chi connectivity index (χ1n) is 9.86. The van der Waals surface area contributed by atoms with Crippen molar-refractivity contribution in [1.82, 2.24) is 25.2 Å². The van der Waals surface area contributed by atoms with Crippen LogP contribution in [0.15, 0.2) is 59.5 Å². The smallest absolute Gasteiger partial charge is 0.273 e. The summed E-state index contributed by atoms with van der Waals surface area (Å²) < 4.78 is 33.9. The molecule has 0 radical (unpaired) electrons. The molecule has 0 saturated heterocycles. The standard InChI is InChI=1S/C23H18F2N6O2/c1-23(15-11-29-31(2)12-15,21-7-14(10-26)5-6-27-21)13-28-22(32)19-9-20(33-30-19)17-4-3-16(24)8-18(17)25/h3-9,11-12H,13H2,1-2H3,(H,28,32). The van der Waals surface area contributed by atoms with Crippen LogP contribution in [0.1, 0.15) is 34.2 Å². The van der Waals surface area contributed by atoms with Crippen LogP contribution in [0.5, 0.6) is 0 Å². The van der Waals surface area contributed by atoms with Gasteiger partial charge in [0.2, 0.25) is 0 Å². The summed E-state index contributed by atoms with van der Waals surface area (Å²) in [6.07, 6.45) is 5.00. The molecule has 3 aromatic heterocycles. The average Bonchev–Trinajstić information content (AvgIpc) is 3.47. The van der Waals surface area contributed by atoms with Crippen molar-refractivity contribution in [1.29, 1.82) is 5.26 Å². The molecule has 1 unspecified atom stereocenters. The number of halogens is 2. The monoisotopic (exact) mass is 448 g/mol. The highest BCUT2D eigenvalue weighted by Gasteiger charge is 2.33. The molecule has 4 rings (SSSR count). The highest BCUT2D eigenvalue weighted by Crippen LogP contribution is 2.30. The molecule has 1 amide bonds. The minimum Gasteiger partial charge on any atom is -0.355 e. The minimum absolute atomic E-state index is 0.00365. The second kappa shape index (κ2) is 8.63. The Hall–Kier alpha value is -4.39. The van der Waals surface area contributed by atoms with Crippen LogP contribution < -0.4 is 5.32 Å². The number of pyridine rings is 1. The molecule has 8 nitrogen and oxygen atoms in total. The molecule has 0 aliphatic rings. The molecule has 1 aromatic carbocycles. The first-order chi connectivity index (χ1) is 15.8. The van der Waals surface area contributed by atoms with E-state index in [9.17, 15) is 18.8 Å². The zero-order chi connectivity index (χ0) is 23.6. The highest BCUT2D eigenvalue weighted by atomic mass is 19.1. The van der Waals surface area contributed by atoms with E-state index in [4.69, 9.17) is 4.52 Å². The number of nitriles is 1. The molecular formula is C23H18F2N6O2. The van der Waals surface area contributed by atoms with E-state index in [0.29, 0.717) is 11.3 Å². The van der Waals surface area contributed by atoms with Gasteiger partial charge >= 0.3 is 0 Å². The molecule has 1 atom stereocenters. The summed E-state index contributed by atoms with van der Waals surface area (Å²) in [6.45, 7) is 1.97. The van der Waals surface area contributed by atoms with Gasteiger partial charge in [-0.25, -0.2) is 8.78 Å². The Bertz CT molecular complexity index is 1370. The van der Waals surface area contributed by atoms with E-state index in [2.05, 4.69) is 26.6 Å². The Balaban J connectivity index is 1.59. The van der Waals surface area contributed by atoms with Gasteiger partial charge in [0.15, 0.2) is 11.5 Å². The van der Waals surface area contributed by atoms with Gasteiger partial charge in [-0.15, -0.1) is 0 Å². The maximum absolute atomic E-state index is 14.0. The number of nitrogens with one attached hydrogen (secondary N) is 1. The number of hydrogen-bond acceptors (Lipinski definition) is 6. The average molecular weight is 448 g/mol. The summed E-state index contributed by atoms with van der Waals surface area (Å²) in [4.78, 5) is 17.2. The molecule has 0 fully saturated rings. The maximum atomic E-state index is 14.0. The Labute approximate surface area is 187 Å². The number of nitrogens with zero attached hydrogens (tertiary/aromatic N) is 5. The molecular weight excluding hydrogens is 430 g/mol. The first kappa shape index (κ1) is 21.8. The van der Waals surface area contributed by atoms with Gasteiger partial charge in [-0.1, -0.05) is 5.16 Å². The van der Waals surface area contributed by atoms with Gasteiger partial charge < -0.3 is 9.84 Å². The van der Waals surface area contributed by atoms with Gasteiger partial charge in [-0.3, -0.25) is 14.5 Å². The lowest BCUT2D eigenvalue weighted by molar-refractivity contribution is 0.0938. The Morgan fingerprint density at radius 3 is 2.79 bits per heavy atom. The number of rotatable bonds is 6. The summed E-state index contributed by atoms with van der Waals surface area (Å²) >= 11 is 0. The first-order valence-corrected chi connectivity index (χ1v) is 9.86. The van der Waals surface area contributed by atoms with E-state index in [1.54, 1.807) is 36.3 Å². The van der Waals surface area contributed by atoms with Crippen LogP contribution in [0, 0.1) is 23.0 Å². The van der Waals surface area contributed by atoms with Crippen LogP contribution in [-0.4, -0.2) is 32.4 Å². The lowest BCUT2D eigenvalue weighted by atomic mass is 9.80. The van der Waals surface area contributed by atoms with Gasteiger partial charge in [0.25, 0.3) is 5.91 Å². The van der Waals surface area contributed by atoms with Crippen LogP contribution in [0.3, 0.4) is 0 Å². The fraction of sp³-hybridized carbons (Fsp3) is 0.174. The van der Waals surface area contributed by atoms with Crippen LogP contribution in [0.4, 0.5) is 8.78 Å².